The first-order valence-electron chi connectivity index (χ1n) is 7.72. The number of hydrogen-bond donors (Lipinski definition) is 1. The largest absolute Gasteiger partial charge is 0.348 e. The molecule has 24 heavy (non-hydrogen) atoms. The third kappa shape index (κ3) is 4.64. The van der Waals surface area contributed by atoms with E-state index in [1.165, 1.54) is 6.08 Å². The molecule has 3 rings (SSSR count). The van der Waals surface area contributed by atoms with Gasteiger partial charge in [-0.3, -0.25) is 14.5 Å². The smallest absolute Gasteiger partial charge is 0.244 e. The molecule has 2 aromatic heterocycles. The SMILES string of the molecule is O=C(/C=C/c1ccccn1)NCc1cccc(Cn2cccn2)c1. The van der Waals surface area contributed by atoms with E-state index in [4.69, 9.17) is 0 Å². The molecule has 5 nitrogen and oxygen atoms in total. The molecule has 0 radical (unpaired) electrons. The van der Waals surface area contributed by atoms with Crippen LogP contribution in [0.1, 0.15) is 16.8 Å². The van der Waals surface area contributed by atoms with Crippen LogP contribution in [0, 0.1) is 0 Å². The van der Waals surface area contributed by atoms with Gasteiger partial charge in [0.2, 0.25) is 5.91 Å². The number of hydrogen-bond acceptors (Lipinski definition) is 3. The highest BCUT2D eigenvalue weighted by molar-refractivity contribution is 5.91. The Kier molecular flexibility index (Phi) is 5.14. The molecule has 5 heteroatoms. The molecular formula is C19H18N4O. The molecular weight excluding hydrogens is 300 g/mol. The molecule has 0 aliphatic carbocycles. The van der Waals surface area contributed by atoms with Crippen LogP contribution in [-0.4, -0.2) is 20.7 Å². The van der Waals surface area contributed by atoms with Gasteiger partial charge >= 0.3 is 0 Å². The molecule has 0 aliphatic rings. The molecule has 0 aliphatic heterocycles. The molecule has 0 unspecified atom stereocenters. The number of pyridine rings is 1. The van der Waals surface area contributed by atoms with Gasteiger partial charge in [0.25, 0.3) is 0 Å². The van der Waals surface area contributed by atoms with Gasteiger partial charge in [0, 0.05) is 31.2 Å². The number of benzene rings is 1. The van der Waals surface area contributed by atoms with Crippen LogP contribution in [0.25, 0.3) is 6.08 Å². The first-order chi connectivity index (χ1) is 11.8. The van der Waals surface area contributed by atoms with Crippen molar-refractivity contribution < 1.29 is 4.79 Å². The molecule has 1 aromatic carbocycles. The summed E-state index contributed by atoms with van der Waals surface area (Å²) in [5.41, 5.74) is 2.96. The zero-order valence-electron chi connectivity index (χ0n) is 13.2. The van der Waals surface area contributed by atoms with Crippen LogP contribution in [-0.2, 0) is 17.9 Å². The van der Waals surface area contributed by atoms with Crippen molar-refractivity contribution in [1.29, 1.82) is 0 Å². The lowest BCUT2D eigenvalue weighted by molar-refractivity contribution is -0.116. The molecule has 120 valence electrons. The monoisotopic (exact) mass is 318 g/mol. The van der Waals surface area contributed by atoms with Crippen molar-refractivity contribution in [3.63, 3.8) is 0 Å². The summed E-state index contributed by atoms with van der Waals surface area (Å²) in [7, 11) is 0. The molecule has 2 heterocycles. The average molecular weight is 318 g/mol. The lowest BCUT2D eigenvalue weighted by Gasteiger charge is -2.06. The highest BCUT2D eigenvalue weighted by Crippen LogP contribution is 2.07. The predicted molar refractivity (Wildman–Crippen MR) is 92.9 cm³/mol. The fourth-order valence-electron chi connectivity index (χ4n) is 2.30. The van der Waals surface area contributed by atoms with Crippen LogP contribution in [0.4, 0.5) is 0 Å². The van der Waals surface area contributed by atoms with Crippen molar-refractivity contribution in [3.8, 4) is 0 Å². The Morgan fingerprint density at radius 3 is 2.79 bits per heavy atom. The van der Waals surface area contributed by atoms with E-state index in [-0.39, 0.29) is 5.91 Å². The lowest BCUT2D eigenvalue weighted by atomic mass is 10.1. The van der Waals surface area contributed by atoms with Gasteiger partial charge < -0.3 is 5.32 Å². The van der Waals surface area contributed by atoms with E-state index in [0.29, 0.717) is 13.1 Å². The number of amides is 1. The van der Waals surface area contributed by atoms with Crippen LogP contribution in [0.15, 0.2) is 73.2 Å². The molecule has 3 aromatic rings. The Hall–Kier alpha value is -3.21. The average Bonchev–Trinajstić information content (AvgIpc) is 3.12. The minimum atomic E-state index is -0.141. The summed E-state index contributed by atoms with van der Waals surface area (Å²) < 4.78 is 1.87. The van der Waals surface area contributed by atoms with E-state index in [9.17, 15) is 4.79 Å². The van der Waals surface area contributed by atoms with Crippen LogP contribution < -0.4 is 5.32 Å². The fraction of sp³-hybridized carbons (Fsp3) is 0.105. The quantitative estimate of drug-likeness (QED) is 0.711. The molecule has 0 saturated carbocycles. The Morgan fingerprint density at radius 2 is 2.00 bits per heavy atom. The Morgan fingerprint density at radius 1 is 1.08 bits per heavy atom. The summed E-state index contributed by atoms with van der Waals surface area (Å²) in [5.74, 6) is -0.141. The van der Waals surface area contributed by atoms with Gasteiger partial charge in [0.1, 0.15) is 0 Å². The molecule has 1 amide bonds. The van der Waals surface area contributed by atoms with Crippen LogP contribution in [0.3, 0.4) is 0 Å². The lowest BCUT2D eigenvalue weighted by Crippen LogP contribution is -2.20. The maximum absolute atomic E-state index is 11.9. The van der Waals surface area contributed by atoms with E-state index >= 15 is 0 Å². The maximum Gasteiger partial charge on any atom is 0.244 e. The molecule has 0 spiro atoms. The Labute approximate surface area is 140 Å². The van der Waals surface area contributed by atoms with E-state index in [1.54, 1.807) is 18.5 Å². The third-order valence-electron chi connectivity index (χ3n) is 3.46. The number of carbonyl (C=O) groups excluding carboxylic acids is 1. The number of rotatable bonds is 6. The second-order valence-corrected chi connectivity index (χ2v) is 5.33. The number of nitrogens with one attached hydrogen (secondary N) is 1. The second-order valence-electron chi connectivity index (χ2n) is 5.33. The predicted octanol–water partition coefficient (Wildman–Crippen LogP) is 2.66. The van der Waals surface area contributed by atoms with Gasteiger partial charge in [0.05, 0.1) is 12.2 Å². The van der Waals surface area contributed by atoms with Crippen molar-refractivity contribution in [2.24, 2.45) is 0 Å². The molecule has 1 N–H and O–H groups in total. The van der Waals surface area contributed by atoms with Gasteiger partial charge in [-0.25, -0.2) is 0 Å². The summed E-state index contributed by atoms with van der Waals surface area (Å²) in [6.07, 6.45) is 8.58. The molecule has 0 bridgehead atoms. The topological polar surface area (TPSA) is 59.8 Å². The van der Waals surface area contributed by atoms with Crippen LogP contribution >= 0.6 is 0 Å². The van der Waals surface area contributed by atoms with Crippen LogP contribution in [0.5, 0.6) is 0 Å². The van der Waals surface area contributed by atoms with Crippen molar-refractivity contribution in [2.45, 2.75) is 13.1 Å². The van der Waals surface area contributed by atoms with Gasteiger partial charge in [-0.05, 0) is 35.4 Å². The molecule has 0 atom stereocenters. The minimum Gasteiger partial charge on any atom is -0.348 e. The van der Waals surface area contributed by atoms with Crippen molar-refractivity contribution >= 4 is 12.0 Å². The maximum atomic E-state index is 11.9. The first-order valence-corrected chi connectivity index (χ1v) is 7.72. The second kappa shape index (κ2) is 7.87. The van der Waals surface area contributed by atoms with Gasteiger partial charge in [-0.1, -0.05) is 30.3 Å². The Balaban J connectivity index is 1.54. The summed E-state index contributed by atoms with van der Waals surface area (Å²) in [6, 6.07) is 15.6. The summed E-state index contributed by atoms with van der Waals surface area (Å²) in [4.78, 5) is 16.0. The van der Waals surface area contributed by atoms with E-state index in [2.05, 4.69) is 21.5 Å². The zero-order valence-corrected chi connectivity index (χ0v) is 13.2. The summed E-state index contributed by atoms with van der Waals surface area (Å²) >= 11 is 0. The van der Waals surface area contributed by atoms with Crippen molar-refractivity contribution in [2.75, 3.05) is 0 Å². The number of carbonyl (C=O) groups is 1. The highest BCUT2D eigenvalue weighted by Gasteiger charge is 2.00. The van der Waals surface area contributed by atoms with E-state index < -0.39 is 0 Å². The van der Waals surface area contributed by atoms with E-state index in [1.807, 2.05) is 53.3 Å². The summed E-state index contributed by atoms with van der Waals surface area (Å²) in [6.45, 7) is 1.20. The zero-order chi connectivity index (χ0) is 16.6. The first kappa shape index (κ1) is 15.7. The van der Waals surface area contributed by atoms with Gasteiger partial charge in [-0.15, -0.1) is 0 Å². The highest BCUT2D eigenvalue weighted by atomic mass is 16.1. The Bertz CT molecular complexity index is 810. The van der Waals surface area contributed by atoms with Crippen molar-refractivity contribution in [1.82, 2.24) is 20.1 Å². The third-order valence-corrected chi connectivity index (χ3v) is 3.46. The van der Waals surface area contributed by atoms with Gasteiger partial charge in [-0.2, -0.15) is 5.10 Å². The normalized spacial score (nSPS) is 10.8. The minimum absolute atomic E-state index is 0.141. The number of nitrogens with zero attached hydrogens (tertiary/aromatic N) is 3. The summed E-state index contributed by atoms with van der Waals surface area (Å²) in [5, 5.41) is 7.08. The standard InChI is InChI=1S/C19H18N4O/c24-19(9-8-18-7-1-2-10-20-18)21-14-16-5-3-6-17(13-16)15-23-12-4-11-22-23/h1-13H,14-15H2,(H,21,24)/b9-8+. The van der Waals surface area contributed by atoms with E-state index in [0.717, 1.165) is 16.8 Å². The van der Waals surface area contributed by atoms with Gasteiger partial charge in [0.15, 0.2) is 0 Å². The molecule has 0 saturated heterocycles. The molecule has 0 fully saturated rings. The van der Waals surface area contributed by atoms with Crippen LogP contribution in [0.2, 0.25) is 0 Å². The number of aromatic nitrogens is 3. The van der Waals surface area contributed by atoms with Crippen molar-refractivity contribution in [3.05, 3.63) is 90.0 Å². The fourth-order valence-corrected chi connectivity index (χ4v) is 2.30.